The first kappa shape index (κ1) is 14.2. The Balaban J connectivity index is 2.04. The molecular weight excluding hydrogens is 270 g/mol. The van der Waals surface area contributed by atoms with Gasteiger partial charge in [-0.05, 0) is 37.8 Å². The molecule has 1 aliphatic carbocycles. The van der Waals surface area contributed by atoms with Crippen molar-refractivity contribution in [3.05, 3.63) is 29.8 Å². The van der Waals surface area contributed by atoms with E-state index in [1.807, 2.05) is 0 Å². The van der Waals surface area contributed by atoms with Gasteiger partial charge in [0.1, 0.15) is 5.54 Å². The maximum Gasteiger partial charge on any atom is 0.329 e. The van der Waals surface area contributed by atoms with Crippen LogP contribution in [0.5, 0.6) is 0 Å². The maximum absolute atomic E-state index is 13.0. The van der Waals surface area contributed by atoms with E-state index in [0.717, 1.165) is 25.0 Å². The molecule has 2 amide bonds. The molecule has 0 saturated heterocycles. The molecule has 0 aliphatic heterocycles. The number of nitrogens with one attached hydrogen (secondary N) is 2. The Bertz CT molecular complexity index is 561. The average molecular weight is 284 g/mol. The number of halogens is 2. The van der Waals surface area contributed by atoms with Gasteiger partial charge >= 0.3 is 12.0 Å². The van der Waals surface area contributed by atoms with E-state index in [2.05, 4.69) is 10.6 Å². The molecule has 0 heterocycles. The Morgan fingerprint density at radius 2 is 1.95 bits per heavy atom. The molecule has 5 nitrogen and oxygen atoms in total. The summed E-state index contributed by atoms with van der Waals surface area (Å²) >= 11 is 0. The lowest BCUT2D eigenvalue weighted by Crippen LogP contribution is -2.55. The van der Waals surface area contributed by atoms with Crippen LogP contribution in [0.25, 0.3) is 0 Å². The highest BCUT2D eigenvalue weighted by molar-refractivity contribution is 5.94. The maximum atomic E-state index is 13.0. The van der Waals surface area contributed by atoms with E-state index in [4.69, 9.17) is 0 Å². The summed E-state index contributed by atoms with van der Waals surface area (Å²) in [6, 6.07) is 2.12. The number of anilines is 1. The Kier molecular flexibility index (Phi) is 3.61. The molecule has 1 atom stereocenters. The van der Waals surface area contributed by atoms with Crippen molar-refractivity contribution < 1.29 is 23.5 Å². The summed E-state index contributed by atoms with van der Waals surface area (Å²) in [6.45, 7) is 1.43. The summed E-state index contributed by atoms with van der Waals surface area (Å²) in [5.74, 6) is -3.36. The first-order chi connectivity index (χ1) is 9.33. The van der Waals surface area contributed by atoms with Gasteiger partial charge in [0.25, 0.3) is 0 Å². The number of carboxylic acids is 1. The van der Waals surface area contributed by atoms with Crippen LogP contribution in [0.2, 0.25) is 0 Å². The summed E-state index contributed by atoms with van der Waals surface area (Å²) in [6.07, 6.45) is 1.46. The van der Waals surface area contributed by atoms with E-state index in [1.165, 1.54) is 13.0 Å². The molecule has 1 aliphatic rings. The second-order valence-corrected chi connectivity index (χ2v) is 4.99. The molecule has 3 N–H and O–H groups in total. The van der Waals surface area contributed by atoms with Crippen LogP contribution in [-0.4, -0.2) is 22.6 Å². The molecule has 108 valence electrons. The van der Waals surface area contributed by atoms with Crippen LogP contribution in [0.3, 0.4) is 0 Å². The minimum Gasteiger partial charge on any atom is -0.480 e. The van der Waals surface area contributed by atoms with E-state index in [9.17, 15) is 23.5 Å². The lowest BCUT2D eigenvalue weighted by molar-refractivity contribution is -0.144. The SMILES string of the molecule is CC(NC(=O)Nc1ccc(F)c(F)c1)(C(=O)O)C1CC1. The Morgan fingerprint density at radius 3 is 2.45 bits per heavy atom. The van der Waals surface area contributed by atoms with Crippen LogP contribution >= 0.6 is 0 Å². The normalized spacial score (nSPS) is 17.1. The molecule has 1 unspecified atom stereocenters. The van der Waals surface area contributed by atoms with Gasteiger partial charge in [0, 0.05) is 11.8 Å². The minimum atomic E-state index is -1.36. The third-order valence-electron chi connectivity index (χ3n) is 3.39. The molecule has 20 heavy (non-hydrogen) atoms. The second kappa shape index (κ2) is 5.07. The number of carboxylic acid groups (broad SMARTS) is 1. The molecule has 1 saturated carbocycles. The highest BCUT2D eigenvalue weighted by atomic mass is 19.2. The van der Waals surface area contributed by atoms with E-state index < -0.39 is 29.2 Å². The van der Waals surface area contributed by atoms with Gasteiger partial charge in [0.05, 0.1) is 0 Å². The van der Waals surface area contributed by atoms with Crippen LogP contribution in [0, 0.1) is 17.6 Å². The van der Waals surface area contributed by atoms with Gasteiger partial charge in [0.2, 0.25) is 0 Å². The monoisotopic (exact) mass is 284 g/mol. The van der Waals surface area contributed by atoms with Crippen LogP contribution in [0.15, 0.2) is 18.2 Å². The van der Waals surface area contributed by atoms with Crippen LogP contribution in [0.1, 0.15) is 19.8 Å². The highest BCUT2D eigenvalue weighted by Gasteiger charge is 2.48. The van der Waals surface area contributed by atoms with Crippen LogP contribution in [-0.2, 0) is 4.79 Å². The van der Waals surface area contributed by atoms with Crippen LogP contribution < -0.4 is 10.6 Å². The summed E-state index contributed by atoms with van der Waals surface area (Å²) in [5, 5.41) is 13.8. The topological polar surface area (TPSA) is 78.4 Å². The molecule has 1 aromatic carbocycles. The zero-order chi connectivity index (χ0) is 14.9. The van der Waals surface area contributed by atoms with E-state index in [1.54, 1.807) is 0 Å². The van der Waals surface area contributed by atoms with Crippen molar-refractivity contribution in [3.8, 4) is 0 Å². The van der Waals surface area contributed by atoms with Crippen molar-refractivity contribution in [3.63, 3.8) is 0 Å². The third-order valence-corrected chi connectivity index (χ3v) is 3.39. The zero-order valence-corrected chi connectivity index (χ0v) is 10.7. The fourth-order valence-corrected chi connectivity index (χ4v) is 1.96. The predicted octanol–water partition coefficient (Wildman–Crippen LogP) is 2.34. The van der Waals surface area contributed by atoms with Crippen molar-refractivity contribution >= 4 is 17.7 Å². The Labute approximate surface area is 114 Å². The molecule has 1 aromatic rings. The largest absolute Gasteiger partial charge is 0.480 e. The van der Waals surface area contributed by atoms with Crippen molar-refractivity contribution in [2.45, 2.75) is 25.3 Å². The molecule has 0 aromatic heterocycles. The number of urea groups is 1. The molecule has 0 radical (unpaired) electrons. The van der Waals surface area contributed by atoms with Gasteiger partial charge in [-0.2, -0.15) is 0 Å². The van der Waals surface area contributed by atoms with E-state index in [-0.39, 0.29) is 11.6 Å². The predicted molar refractivity (Wildman–Crippen MR) is 67.3 cm³/mol. The minimum absolute atomic E-state index is 0.0462. The molecule has 7 heteroatoms. The quantitative estimate of drug-likeness (QED) is 0.794. The number of hydrogen-bond donors (Lipinski definition) is 3. The number of amides is 2. The fraction of sp³-hybridized carbons (Fsp3) is 0.385. The molecular formula is C13H14F2N2O3. The number of carbonyl (C=O) groups excluding carboxylic acids is 1. The lowest BCUT2D eigenvalue weighted by atomic mass is 9.96. The number of hydrogen-bond acceptors (Lipinski definition) is 2. The molecule has 0 bridgehead atoms. The summed E-state index contributed by atoms with van der Waals surface area (Å²) in [7, 11) is 0. The van der Waals surface area contributed by atoms with Gasteiger partial charge in [-0.25, -0.2) is 18.4 Å². The van der Waals surface area contributed by atoms with E-state index >= 15 is 0 Å². The smallest absolute Gasteiger partial charge is 0.329 e. The van der Waals surface area contributed by atoms with Crippen molar-refractivity contribution in [1.82, 2.24) is 5.32 Å². The van der Waals surface area contributed by atoms with Crippen LogP contribution in [0.4, 0.5) is 19.3 Å². The summed E-state index contributed by atoms with van der Waals surface area (Å²) in [4.78, 5) is 23.0. The van der Waals surface area contributed by atoms with Gasteiger partial charge < -0.3 is 15.7 Å². The van der Waals surface area contributed by atoms with Crippen molar-refractivity contribution in [2.75, 3.05) is 5.32 Å². The summed E-state index contributed by atoms with van der Waals surface area (Å²) in [5.41, 5.74) is -1.31. The second-order valence-electron chi connectivity index (χ2n) is 4.99. The average Bonchev–Trinajstić information content (AvgIpc) is 3.17. The standard InChI is InChI=1S/C13H14F2N2O3/c1-13(11(18)19,7-2-3-7)17-12(20)16-8-4-5-9(14)10(15)6-8/h4-7H,2-3H2,1H3,(H,18,19)(H2,16,17,20). The van der Waals surface area contributed by atoms with E-state index in [0.29, 0.717) is 0 Å². The zero-order valence-electron chi connectivity index (χ0n) is 10.7. The Hall–Kier alpha value is -2.18. The van der Waals surface area contributed by atoms with Crippen molar-refractivity contribution in [1.29, 1.82) is 0 Å². The number of carbonyl (C=O) groups is 2. The first-order valence-corrected chi connectivity index (χ1v) is 6.10. The fourth-order valence-electron chi connectivity index (χ4n) is 1.96. The van der Waals surface area contributed by atoms with Gasteiger partial charge in [0.15, 0.2) is 11.6 Å². The first-order valence-electron chi connectivity index (χ1n) is 6.10. The Morgan fingerprint density at radius 1 is 1.30 bits per heavy atom. The van der Waals surface area contributed by atoms with Gasteiger partial charge in [-0.15, -0.1) is 0 Å². The van der Waals surface area contributed by atoms with Gasteiger partial charge in [-0.1, -0.05) is 0 Å². The highest BCUT2D eigenvalue weighted by Crippen LogP contribution is 2.39. The summed E-state index contributed by atoms with van der Waals surface area (Å²) < 4.78 is 25.7. The molecule has 0 spiro atoms. The number of aliphatic carboxylic acids is 1. The van der Waals surface area contributed by atoms with Gasteiger partial charge in [-0.3, -0.25) is 0 Å². The number of rotatable bonds is 4. The third kappa shape index (κ3) is 2.87. The van der Waals surface area contributed by atoms with Crippen molar-refractivity contribution in [2.24, 2.45) is 5.92 Å². The molecule has 1 fully saturated rings. The lowest BCUT2D eigenvalue weighted by Gasteiger charge is -2.26. The molecule has 2 rings (SSSR count). The number of benzene rings is 1.